The van der Waals surface area contributed by atoms with Gasteiger partial charge in [-0.15, -0.1) is 0 Å². The second-order valence-electron chi connectivity index (χ2n) is 3.26. The van der Waals surface area contributed by atoms with E-state index in [1.54, 1.807) is 12.1 Å². The average Bonchev–Trinajstić information content (AvgIpc) is 2.26. The van der Waals surface area contributed by atoms with Crippen LogP contribution in [-0.2, 0) is 4.74 Å². The first-order valence-corrected chi connectivity index (χ1v) is 5.27. The molecule has 0 radical (unpaired) electrons. The van der Waals surface area contributed by atoms with Crippen LogP contribution >= 0.6 is 11.6 Å². The summed E-state index contributed by atoms with van der Waals surface area (Å²) < 4.78 is 4.73. The Morgan fingerprint density at radius 3 is 2.67 bits per heavy atom. The molecule has 0 saturated carbocycles. The summed E-state index contributed by atoms with van der Waals surface area (Å²) in [6, 6.07) is 4.62. The second kappa shape index (κ2) is 7.50. The minimum Gasteiger partial charge on any atom is -0.445 e. The number of nitrogens with one attached hydrogen (secondary N) is 1. The number of anilines is 1. The molecule has 4 nitrogen and oxygen atoms in total. The van der Waals surface area contributed by atoms with Gasteiger partial charge in [0.05, 0.1) is 5.02 Å². The summed E-state index contributed by atoms with van der Waals surface area (Å²) >= 11 is 5.88. The van der Waals surface area contributed by atoms with Crippen LogP contribution < -0.4 is 5.32 Å². The number of ether oxygens (including phenoxy) is 1. The Balaban J connectivity index is 0.00000289. The number of hydrogen-bond acceptors (Lipinski definition) is 3. The highest BCUT2D eigenvalue weighted by atomic mass is 35.5. The van der Waals surface area contributed by atoms with Gasteiger partial charge in [-0.2, -0.15) is 0 Å². The predicted octanol–water partition coefficient (Wildman–Crippen LogP) is 3.91. The van der Waals surface area contributed by atoms with Crippen LogP contribution in [0.25, 0.3) is 0 Å². The molecule has 1 N–H and O–H groups in total. The summed E-state index contributed by atoms with van der Waals surface area (Å²) in [6.45, 7) is 4.97. The van der Waals surface area contributed by atoms with E-state index in [1.807, 2.05) is 0 Å². The molecule has 0 aliphatic heterocycles. The molecule has 0 atom stereocenters. The molecule has 0 heterocycles. The molecule has 0 aliphatic rings. The number of amides is 1. The molecule has 0 unspecified atom stereocenters. The summed E-state index contributed by atoms with van der Waals surface area (Å²) in [4.78, 5) is 22.3. The van der Waals surface area contributed by atoms with Crippen molar-refractivity contribution in [2.75, 3.05) is 11.9 Å². The number of Topliss-reactive ketones (excluding diaryl/α,β-unsaturated/α-hetero) is 1. The van der Waals surface area contributed by atoms with Gasteiger partial charge in [-0.3, -0.25) is 10.1 Å². The molecule has 1 aromatic rings. The maximum atomic E-state index is 11.2. The number of hydrogen-bond donors (Lipinski definition) is 1. The normalized spacial score (nSPS) is 9.00. The molecule has 0 aromatic heterocycles. The number of carbonyl (C=O) groups excluding carboxylic acids is 2. The van der Waals surface area contributed by atoms with Crippen LogP contribution in [0.5, 0.6) is 0 Å². The number of carbonyl (C=O) groups is 2. The van der Waals surface area contributed by atoms with E-state index in [0.29, 0.717) is 16.3 Å². The van der Waals surface area contributed by atoms with Gasteiger partial charge in [0.1, 0.15) is 6.61 Å². The van der Waals surface area contributed by atoms with E-state index < -0.39 is 6.09 Å². The van der Waals surface area contributed by atoms with Crippen LogP contribution in [0.3, 0.4) is 0 Å². The molecule has 5 heteroatoms. The molecule has 0 bridgehead atoms. The van der Waals surface area contributed by atoms with E-state index in [-0.39, 0.29) is 19.8 Å². The van der Waals surface area contributed by atoms with Gasteiger partial charge < -0.3 is 4.74 Å². The Hall–Kier alpha value is -1.81. The van der Waals surface area contributed by atoms with Gasteiger partial charge >= 0.3 is 6.09 Å². The maximum Gasteiger partial charge on any atom is 0.411 e. The molecular formula is C13H16ClNO3. The molecule has 0 saturated heterocycles. The molecule has 0 aliphatic carbocycles. The minimum absolute atomic E-state index is 0. The SMILES string of the molecule is C.C=CCOC(=O)Nc1ccc(C(C)=O)c(Cl)c1. The summed E-state index contributed by atoms with van der Waals surface area (Å²) in [5, 5.41) is 2.77. The van der Waals surface area contributed by atoms with Crippen molar-refractivity contribution in [3.63, 3.8) is 0 Å². The Morgan fingerprint density at radius 2 is 2.17 bits per heavy atom. The molecule has 1 amide bonds. The highest BCUT2D eigenvalue weighted by Gasteiger charge is 2.08. The van der Waals surface area contributed by atoms with Crippen LogP contribution in [0.4, 0.5) is 10.5 Å². The molecule has 0 spiro atoms. The van der Waals surface area contributed by atoms with Gasteiger partial charge in [-0.05, 0) is 25.1 Å². The Labute approximate surface area is 112 Å². The first-order valence-electron chi connectivity index (χ1n) is 4.89. The topological polar surface area (TPSA) is 55.4 Å². The lowest BCUT2D eigenvalue weighted by atomic mass is 10.1. The first kappa shape index (κ1) is 16.2. The fourth-order valence-electron chi connectivity index (χ4n) is 1.17. The van der Waals surface area contributed by atoms with Crippen molar-refractivity contribution in [3.05, 3.63) is 41.4 Å². The number of benzene rings is 1. The smallest absolute Gasteiger partial charge is 0.411 e. The maximum absolute atomic E-state index is 11.2. The fourth-order valence-corrected chi connectivity index (χ4v) is 1.48. The van der Waals surface area contributed by atoms with Gasteiger partial charge in [0.2, 0.25) is 0 Å². The Morgan fingerprint density at radius 1 is 1.50 bits per heavy atom. The first-order chi connectivity index (χ1) is 8.04. The number of halogens is 1. The lowest BCUT2D eigenvalue weighted by molar-refractivity contribution is 0.101. The zero-order chi connectivity index (χ0) is 12.8. The van der Waals surface area contributed by atoms with Crippen molar-refractivity contribution >= 4 is 29.2 Å². The fraction of sp³-hybridized carbons (Fsp3) is 0.231. The molecule has 0 fully saturated rings. The highest BCUT2D eigenvalue weighted by Crippen LogP contribution is 2.21. The summed E-state index contributed by atoms with van der Waals surface area (Å²) in [5.74, 6) is -0.129. The van der Waals surface area contributed by atoms with Crippen LogP contribution in [0.1, 0.15) is 24.7 Å². The van der Waals surface area contributed by atoms with Crippen molar-refractivity contribution in [2.45, 2.75) is 14.4 Å². The quantitative estimate of drug-likeness (QED) is 0.666. The number of rotatable bonds is 4. The van der Waals surface area contributed by atoms with E-state index in [2.05, 4.69) is 11.9 Å². The van der Waals surface area contributed by atoms with Crippen LogP contribution in [0.15, 0.2) is 30.9 Å². The highest BCUT2D eigenvalue weighted by molar-refractivity contribution is 6.34. The van der Waals surface area contributed by atoms with Gasteiger partial charge in [0.25, 0.3) is 0 Å². The van der Waals surface area contributed by atoms with Crippen molar-refractivity contribution in [1.29, 1.82) is 0 Å². The molecular weight excluding hydrogens is 254 g/mol. The summed E-state index contributed by atoms with van der Waals surface area (Å²) in [7, 11) is 0. The Bertz CT molecular complexity index is 458. The largest absolute Gasteiger partial charge is 0.445 e. The Kier molecular flexibility index (Phi) is 6.75. The van der Waals surface area contributed by atoms with Crippen LogP contribution in [0, 0.1) is 0 Å². The third-order valence-corrected chi connectivity index (χ3v) is 2.24. The van der Waals surface area contributed by atoms with Gasteiger partial charge in [0.15, 0.2) is 5.78 Å². The zero-order valence-electron chi connectivity index (χ0n) is 9.33. The lowest BCUT2D eigenvalue weighted by Crippen LogP contribution is -2.13. The molecule has 18 heavy (non-hydrogen) atoms. The van der Waals surface area contributed by atoms with Crippen molar-refractivity contribution in [1.82, 2.24) is 0 Å². The van der Waals surface area contributed by atoms with Gasteiger partial charge in [-0.25, -0.2) is 4.79 Å². The average molecular weight is 270 g/mol. The number of ketones is 1. The second-order valence-corrected chi connectivity index (χ2v) is 3.67. The van der Waals surface area contributed by atoms with Crippen molar-refractivity contribution in [3.8, 4) is 0 Å². The predicted molar refractivity (Wildman–Crippen MR) is 73.4 cm³/mol. The standard InChI is InChI=1S/C12H12ClNO3.CH4/c1-3-6-17-12(16)14-9-4-5-10(8(2)15)11(13)7-9;/h3-5,7H,1,6H2,2H3,(H,14,16);1H4. The van der Waals surface area contributed by atoms with E-state index >= 15 is 0 Å². The third kappa shape index (κ3) is 4.59. The van der Waals surface area contributed by atoms with Crippen LogP contribution in [-0.4, -0.2) is 18.5 Å². The molecule has 1 aromatic carbocycles. The van der Waals surface area contributed by atoms with E-state index in [1.165, 1.54) is 19.1 Å². The third-order valence-electron chi connectivity index (χ3n) is 1.93. The van der Waals surface area contributed by atoms with E-state index in [0.717, 1.165) is 0 Å². The van der Waals surface area contributed by atoms with Crippen molar-refractivity contribution in [2.24, 2.45) is 0 Å². The van der Waals surface area contributed by atoms with Gasteiger partial charge in [0, 0.05) is 11.3 Å². The van der Waals surface area contributed by atoms with E-state index in [9.17, 15) is 9.59 Å². The molecule has 98 valence electrons. The summed E-state index contributed by atoms with van der Waals surface area (Å²) in [6.07, 6.45) is 0.863. The zero-order valence-corrected chi connectivity index (χ0v) is 10.1. The lowest BCUT2D eigenvalue weighted by Gasteiger charge is -2.07. The van der Waals surface area contributed by atoms with E-state index in [4.69, 9.17) is 16.3 Å². The van der Waals surface area contributed by atoms with Crippen molar-refractivity contribution < 1.29 is 14.3 Å². The van der Waals surface area contributed by atoms with Gasteiger partial charge in [-0.1, -0.05) is 31.7 Å². The molecule has 1 rings (SSSR count). The minimum atomic E-state index is -0.600. The van der Waals surface area contributed by atoms with Crippen LogP contribution in [0.2, 0.25) is 5.02 Å². The monoisotopic (exact) mass is 269 g/mol. The summed E-state index contributed by atoms with van der Waals surface area (Å²) in [5.41, 5.74) is 0.880.